The van der Waals surface area contributed by atoms with Gasteiger partial charge in [-0.3, -0.25) is 14.3 Å². The SMILES string of the molecule is CC(=O)Nc1cccc(CNC(=O)/C=C/c2cn(Cc3ccccc3)nc2-c2ccccc2)c1. The number of rotatable bonds is 8. The molecule has 6 heteroatoms. The number of aromatic nitrogens is 2. The van der Waals surface area contributed by atoms with Crippen molar-refractivity contribution in [2.24, 2.45) is 0 Å². The quantitative estimate of drug-likeness (QED) is 0.376. The number of nitrogens with zero attached hydrogens (tertiary/aromatic N) is 2. The molecule has 0 radical (unpaired) electrons. The Hall–Kier alpha value is -4.45. The number of amides is 2. The van der Waals surface area contributed by atoms with Crippen LogP contribution < -0.4 is 10.6 Å². The lowest BCUT2D eigenvalue weighted by atomic mass is 10.1. The van der Waals surface area contributed by atoms with E-state index in [1.807, 2.05) is 83.7 Å². The summed E-state index contributed by atoms with van der Waals surface area (Å²) in [6, 6.07) is 27.5. The lowest BCUT2D eigenvalue weighted by molar-refractivity contribution is -0.116. The lowest BCUT2D eigenvalue weighted by Gasteiger charge is -2.06. The van der Waals surface area contributed by atoms with Crippen LogP contribution in [0.5, 0.6) is 0 Å². The van der Waals surface area contributed by atoms with E-state index < -0.39 is 0 Å². The molecular weight excluding hydrogens is 424 g/mol. The number of hydrogen-bond donors (Lipinski definition) is 2. The minimum atomic E-state index is -0.209. The molecule has 0 atom stereocenters. The number of anilines is 1. The molecule has 0 saturated heterocycles. The summed E-state index contributed by atoms with van der Waals surface area (Å²) in [5.74, 6) is -0.342. The summed E-state index contributed by atoms with van der Waals surface area (Å²) in [7, 11) is 0. The lowest BCUT2D eigenvalue weighted by Crippen LogP contribution is -2.20. The van der Waals surface area contributed by atoms with Crippen molar-refractivity contribution in [3.05, 3.63) is 114 Å². The normalized spacial score (nSPS) is 10.9. The van der Waals surface area contributed by atoms with Gasteiger partial charge >= 0.3 is 0 Å². The molecule has 1 heterocycles. The standard InChI is InChI=1S/C28H26N4O2/c1-21(33)30-26-14-8-11-23(17-26)18-29-27(34)16-15-25-20-32(19-22-9-4-2-5-10-22)31-28(25)24-12-6-3-7-13-24/h2-17,20H,18-19H2,1H3,(H,29,34)(H,30,33)/b16-15+. The monoisotopic (exact) mass is 450 g/mol. The number of carbonyl (C=O) groups is 2. The van der Waals surface area contributed by atoms with E-state index in [0.717, 1.165) is 27.9 Å². The average Bonchev–Trinajstić information content (AvgIpc) is 3.25. The highest BCUT2D eigenvalue weighted by atomic mass is 16.2. The van der Waals surface area contributed by atoms with E-state index in [1.54, 1.807) is 6.08 Å². The van der Waals surface area contributed by atoms with Gasteiger partial charge in [-0.1, -0.05) is 72.8 Å². The van der Waals surface area contributed by atoms with Gasteiger partial charge < -0.3 is 10.6 Å². The van der Waals surface area contributed by atoms with Gasteiger partial charge in [0.25, 0.3) is 0 Å². The van der Waals surface area contributed by atoms with Crippen molar-refractivity contribution in [1.82, 2.24) is 15.1 Å². The largest absolute Gasteiger partial charge is 0.348 e. The molecule has 2 amide bonds. The highest BCUT2D eigenvalue weighted by Gasteiger charge is 2.10. The van der Waals surface area contributed by atoms with Gasteiger partial charge in [0.2, 0.25) is 11.8 Å². The summed E-state index contributed by atoms with van der Waals surface area (Å²) in [5.41, 5.74) is 5.43. The number of carbonyl (C=O) groups excluding carboxylic acids is 2. The highest BCUT2D eigenvalue weighted by Crippen LogP contribution is 2.23. The molecule has 1 aromatic heterocycles. The van der Waals surface area contributed by atoms with Gasteiger partial charge in [0.1, 0.15) is 0 Å². The van der Waals surface area contributed by atoms with Crippen LogP contribution in [0.1, 0.15) is 23.6 Å². The Bertz CT molecular complexity index is 1290. The van der Waals surface area contributed by atoms with Crippen LogP contribution in [0.2, 0.25) is 0 Å². The Kier molecular flexibility index (Phi) is 7.30. The first kappa shape index (κ1) is 22.7. The van der Waals surface area contributed by atoms with Gasteiger partial charge in [0.15, 0.2) is 0 Å². The molecule has 0 bridgehead atoms. The van der Waals surface area contributed by atoms with Crippen molar-refractivity contribution in [1.29, 1.82) is 0 Å². The zero-order valence-corrected chi connectivity index (χ0v) is 18.9. The number of nitrogens with one attached hydrogen (secondary N) is 2. The summed E-state index contributed by atoms with van der Waals surface area (Å²) in [4.78, 5) is 23.8. The molecule has 0 unspecified atom stereocenters. The van der Waals surface area contributed by atoms with E-state index >= 15 is 0 Å². The van der Waals surface area contributed by atoms with Crippen LogP contribution in [0, 0.1) is 0 Å². The summed E-state index contributed by atoms with van der Waals surface area (Å²) in [6.07, 6.45) is 5.27. The van der Waals surface area contributed by atoms with Gasteiger partial charge in [-0.15, -0.1) is 0 Å². The minimum Gasteiger partial charge on any atom is -0.348 e. The van der Waals surface area contributed by atoms with Crippen LogP contribution in [0.4, 0.5) is 5.69 Å². The van der Waals surface area contributed by atoms with Gasteiger partial charge in [-0.2, -0.15) is 5.10 Å². The Balaban J connectivity index is 1.47. The van der Waals surface area contributed by atoms with Crippen molar-refractivity contribution in [2.45, 2.75) is 20.0 Å². The minimum absolute atomic E-state index is 0.133. The van der Waals surface area contributed by atoms with Crippen molar-refractivity contribution in [3.8, 4) is 11.3 Å². The van der Waals surface area contributed by atoms with Crippen molar-refractivity contribution < 1.29 is 9.59 Å². The van der Waals surface area contributed by atoms with E-state index in [1.165, 1.54) is 13.0 Å². The fraction of sp³-hybridized carbons (Fsp3) is 0.107. The van der Waals surface area contributed by atoms with Crippen LogP contribution in [-0.2, 0) is 22.7 Å². The third kappa shape index (κ3) is 6.29. The highest BCUT2D eigenvalue weighted by molar-refractivity contribution is 5.93. The molecule has 0 spiro atoms. The Morgan fingerprint density at radius 3 is 2.35 bits per heavy atom. The summed E-state index contributed by atoms with van der Waals surface area (Å²) >= 11 is 0. The Morgan fingerprint density at radius 1 is 0.912 bits per heavy atom. The van der Waals surface area contributed by atoms with E-state index in [2.05, 4.69) is 22.8 Å². The van der Waals surface area contributed by atoms with Crippen LogP contribution in [0.25, 0.3) is 17.3 Å². The first-order chi connectivity index (χ1) is 16.6. The number of benzene rings is 3. The molecule has 0 saturated carbocycles. The fourth-order valence-electron chi connectivity index (χ4n) is 3.61. The predicted octanol–water partition coefficient (Wildman–Crippen LogP) is 4.89. The topological polar surface area (TPSA) is 76.0 Å². The predicted molar refractivity (Wildman–Crippen MR) is 135 cm³/mol. The average molecular weight is 451 g/mol. The molecule has 2 N–H and O–H groups in total. The van der Waals surface area contributed by atoms with Gasteiger partial charge in [0, 0.05) is 42.6 Å². The van der Waals surface area contributed by atoms with Gasteiger partial charge in [-0.05, 0) is 29.3 Å². The summed E-state index contributed by atoms with van der Waals surface area (Å²) < 4.78 is 1.89. The maximum atomic E-state index is 12.5. The van der Waals surface area contributed by atoms with E-state index in [9.17, 15) is 9.59 Å². The van der Waals surface area contributed by atoms with E-state index in [4.69, 9.17) is 5.10 Å². The summed E-state index contributed by atoms with van der Waals surface area (Å²) in [6.45, 7) is 2.46. The van der Waals surface area contributed by atoms with E-state index in [-0.39, 0.29) is 11.8 Å². The van der Waals surface area contributed by atoms with Crippen molar-refractivity contribution in [2.75, 3.05) is 5.32 Å². The third-order valence-corrected chi connectivity index (χ3v) is 5.15. The van der Waals surface area contributed by atoms with Crippen LogP contribution in [0.15, 0.2) is 97.2 Å². The molecule has 3 aromatic carbocycles. The van der Waals surface area contributed by atoms with Crippen molar-refractivity contribution in [3.63, 3.8) is 0 Å². The molecule has 0 fully saturated rings. The molecular formula is C28H26N4O2. The molecule has 170 valence electrons. The smallest absolute Gasteiger partial charge is 0.244 e. The van der Waals surface area contributed by atoms with Crippen molar-refractivity contribution >= 4 is 23.6 Å². The maximum Gasteiger partial charge on any atom is 0.244 e. The van der Waals surface area contributed by atoms with E-state index in [0.29, 0.717) is 18.8 Å². The summed E-state index contributed by atoms with van der Waals surface area (Å²) in [5, 5.41) is 10.4. The second kappa shape index (κ2) is 10.9. The molecule has 34 heavy (non-hydrogen) atoms. The molecule has 4 rings (SSSR count). The number of hydrogen-bond acceptors (Lipinski definition) is 3. The van der Waals surface area contributed by atoms with Gasteiger partial charge in [0.05, 0.1) is 12.2 Å². The third-order valence-electron chi connectivity index (χ3n) is 5.15. The first-order valence-electron chi connectivity index (χ1n) is 11.1. The Morgan fingerprint density at radius 2 is 1.62 bits per heavy atom. The fourth-order valence-corrected chi connectivity index (χ4v) is 3.61. The first-order valence-corrected chi connectivity index (χ1v) is 11.1. The zero-order valence-electron chi connectivity index (χ0n) is 18.9. The molecule has 6 nitrogen and oxygen atoms in total. The molecule has 0 aliphatic carbocycles. The zero-order chi connectivity index (χ0) is 23.8. The maximum absolute atomic E-state index is 12.5. The second-order valence-corrected chi connectivity index (χ2v) is 7.91. The molecule has 0 aliphatic rings. The van der Waals surface area contributed by atoms with Crippen LogP contribution in [-0.4, -0.2) is 21.6 Å². The molecule has 4 aromatic rings. The van der Waals surface area contributed by atoms with Crippen LogP contribution >= 0.6 is 0 Å². The Labute approximate surface area is 198 Å². The molecule has 0 aliphatic heterocycles. The van der Waals surface area contributed by atoms with Crippen LogP contribution in [0.3, 0.4) is 0 Å². The second-order valence-electron chi connectivity index (χ2n) is 7.91. The van der Waals surface area contributed by atoms with Gasteiger partial charge in [-0.25, -0.2) is 0 Å².